The van der Waals surface area contributed by atoms with Gasteiger partial charge in [-0.25, -0.2) is 4.79 Å². The Morgan fingerprint density at radius 1 is 1.38 bits per heavy atom. The fraction of sp³-hybridized carbons (Fsp3) is 0.462. The summed E-state index contributed by atoms with van der Waals surface area (Å²) in [5, 5.41) is 18.6. The fourth-order valence-corrected chi connectivity index (χ4v) is 1.52. The molecule has 1 rings (SSSR count). The summed E-state index contributed by atoms with van der Waals surface area (Å²) in [5.74, 6) is -1.43. The van der Waals surface area contributed by atoms with Crippen LogP contribution in [0.25, 0.3) is 0 Å². The fourth-order valence-electron chi connectivity index (χ4n) is 1.52. The molecule has 0 amide bonds. The zero-order chi connectivity index (χ0) is 12.2. The van der Waals surface area contributed by atoms with Crippen molar-refractivity contribution in [3.63, 3.8) is 0 Å². The van der Waals surface area contributed by atoms with Crippen molar-refractivity contribution in [1.29, 1.82) is 0 Å². The van der Waals surface area contributed by atoms with Gasteiger partial charge < -0.3 is 10.2 Å². The van der Waals surface area contributed by atoms with Crippen molar-refractivity contribution in [1.82, 2.24) is 0 Å². The molecule has 0 saturated carbocycles. The van der Waals surface area contributed by atoms with Crippen LogP contribution in [0.5, 0.6) is 0 Å². The topological polar surface area (TPSA) is 57.5 Å². The first-order valence-electron chi connectivity index (χ1n) is 5.44. The van der Waals surface area contributed by atoms with Crippen LogP contribution in [0.4, 0.5) is 0 Å². The molecular weight excluding hydrogens is 204 g/mol. The number of hydrogen-bond donors (Lipinski definition) is 2. The largest absolute Gasteiger partial charge is 0.479 e. The normalized spacial score (nSPS) is 16.4. The summed E-state index contributed by atoms with van der Waals surface area (Å²) in [7, 11) is 0. The number of carboxylic acid groups (broad SMARTS) is 1. The Morgan fingerprint density at radius 2 is 1.94 bits per heavy atom. The molecule has 1 aromatic carbocycles. The first-order chi connectivity index (χ1) is 7.44. The lowest BCUT2D eigenvalue weighted by atomic mass is 9.86. The van der Waals surface area contributed by atoms with E-state index in [0.717, 1.165) is 12.0 Å². The Labute approximate surface area is 95.7 Å². The van der Waals surface area contributed by atoms with Crippen LogP contribution in [0.15, 0.2) is 30.3 Å². The number of hydrogen-bond acceptors (Lipinski definition) is 2. The van der Waals surface area contributed by atoms with E-state index in [1.165, 1.54) is 6.92 Å². The Bertz CT molecular complexity index is 343. The first kappa shape index (κ1) is 12.7. The van der Waals surface area contributed by atoms with E-state index in [-0.39, 0.29) is 5.92 Å². The Hall–Kier alpha value is -1.35. The summed E-state index contributed by atoms with van der Waals surface area (Å²) in [6, 6.07) is 9.86. The molecule has 0 spiro atoms. The quantitative estimate of drug-likeness (QED) is 0.802. The van der Waals surface area contributed by atoms with Gasteiger partial charge in [0.2, 0.25) is 0 Å². The zero-order valence-electron chi connectivity index (χ0n) is 9.68. The van der Waals surface area contributed by atoms with Crippen molar-refractivity contribution in [2.45, 2.75) is 32.3 Å². The monoisotopic (exact) mass is 222 g/mol. The molecule has 3 heteroatoms. The third-order valence-corrected chi connectivity index (χ3v) is 3.10. The van der Waals surface area contributed by atoms with E-state index < -0.39 is 11.6 Å². The minimum atomic E-state index is -1.64. The molecule has 0 heterocycles. The van der Waals surface area contributed by atoms with Gasteiger partial charge in [-0.15, -0.1) is 0 Å². The molecule has 16 heavy (non-hydrogen) atoms. The number of carbonyl (C=O) groups is 1. The highest BCUT2D eigenvalue weighted by Crippen LogP contribution is 2.22. The van der Waals surface area contributed by atoms with Gasteiger partial charge in [0.25, 0.3) is 0 Å². The summed E-state index contributed by atoms with van der Waals surface area (Å²) in [6.45, 7) is 3.11. The molecule has 1 aromatic rings. The lowest BCUT2D eigenvalue weighted by molar-refractivity contribution is -0.162. The van der Waals surface area contributed by atoms with E-state index in [1.807, 2.05) is 30.3 Å². The average Bonchev–Trinajstić information content (AvgIpc) is 2.27. The van der Waals surface area contributed by atoms with Crippen molar-refractivity contribution >= 4 is 5.97 Å². The summed E-state index contributed by atoms with van der Waals surface area (Å²) >= 11 is 0. The van der Waals surface area contributed by atoms with Crippen molar-refractivity contribution in [3.05, 3.63) is 35.9 Å². The molecule has 0 saturated heterocycles. The molecule has 2 N–H and O–H groups in total. The molecule has 2 unspecified atom stereocenters. The number of benzene rings is 1. The van der Waals surface area contributed by atoms with Crippen LogP contribution in [0.2, 0.25) is 0 Å². The number of aryl methyl sites for hydroxylation is 1. The number of aliphatic carboxylic acids is 1. The van der Waals surface area contributed by atoms with Gasteiger partial charge in [-0.05, 0) is 31.2 Å². The van der Waals surface area contributed by atoms with Crippen LogP contribution in [-0.4, -0.2) is 21.8 Å². The van der Waals surface area contributed by atoms with Gasteiger partial charge in [0, 0.05) is 0 Å². The lowest BCUT2D eigenvalue weighted by Crippen LogP contribution is -2.41. The molecule has 0 fully saturated rings. The highest BCUT2D eigenvalue weighted by Gasteiger charge is 2.35. The van der Waals surface area contributed by atoms with Crippen LogP contribution in [-0.2, 0) is 11.2 Å². The average molecular weight is 222 g/mol. The lowest BCUT2D eigenvalue weighted by Gasteiger charge is -2.25. The first-order valence-corrected chi connectivity index (χ1v) is 5.44. The molecular formula is C13H18O3. The predicted octanol–water partition coefficient (Wildman–Crippen LogP) is 2.09. The van der Waals surface area contributed by atoms with Crippen LogP contribution in [0.1, 0.15) is 25.8 Å². The van der Waals surface area contributed by atoms with Crippen molar-refractivity contribution in [2.24, 2.45) is 5.92 Å². The molecule has 0 radical (unpaired) electrons. The maximum absolute atomic E-state index is 10.8. The molecule has 0 aromatic heterocycles. The highest BCUT2D eigenvalue weighted by atomic mass is 16.4. The van der Waals surface area contributed by atoms with Gasteiger partial charge in [-0.2, -0.15) is 0 Å². The molecule has 0 aliphatic carbocycles. The summed E-state index contributed by atoms with van der Waals surface area (Å²) in [5.41, 5.74) is -0.482. The number of rotatable bonds is 5. The van der Waals surface area contributed by atoms with E-state index in [2.05, 4.69) is 0 Å². The predicted molar refractivity (Wildman–Crippen MR) is 62.2 cm³/mol. The molecule has 0 aliphatic heterocycles. The van der Waals surface area contributed by atoms with Crippen LogP contribution in [0.3, 0.4) is 0 Å². The second-order valence-corrected chi connectivity index (χ2v) is 4.38. The van der Waals surface area contributed by atoms with Crippen LogP contribution in [0, 0.1) is 5.92 Å². The van der Waals surface area contributed by atoms with Gasteiger partial charge in [-0.1, -0.05) is 37.3 Å². The maximum atomic E-state index is 10.8. The number of carboxylic acids is 1. The Kier molecular flexibility index (Phi) is 4.07. The van der Waals surface area contributed by atoms with Gasteiger partial charge in [0.15, 0.2) is 5.60 Å². The van der Waals surface area contributed by atoms with Crippen molar-refractivity contribution in [2.75, 3.05) is 0 Å². The Morgan fingerprint density at radius 3 is 2.44 bits per heavy atom. The van der Waals surface area contributed by atoms with Crippen LogP contribution < -0.4 is 0 Å². The standard InChI is InChI=1S/C13H18O3/c1-10(13(2,16)12(14)15)8-9-11-6-4-3-5-7-11/h3-7,10,16H,8-9H2,1-2H3,(H,14,15). The van der Waals surface area contributed by atoms with Crippen molar-refractivity contribution in [3.8, 4) is 0 Å². The van der Waals surface area contributed by atoms with Gasteiger partial charge in [-0.3, -0.25) is 0 Å². The summed E-state index contributed by atoms with van der Waals surface area (Å²) < 4.78 is 0. The molecule has 2 atom stereocenters. The smallest absolute Gasteiger partial charge is 0.335 e. The van der Waals surface area contributed by atoms with Gasteiger partial charge >= 0.3 is 5.97 Å². The van der Waals surface area contributed by atoms with Gasteiger partial charge in [0.05, 0.1) is 0 Å². The van der Waals surface area contributed by atoms with E-state index in [0.29, 0.717) is 6.42 Å². The van der Waals surface area contributed by atoms with Crippen molar-refractivity contribution < 1.29 is 15.0 Å². The van der Waals surface area contributed by atoms with E-state index >= 15 is 0 Å². The summed E-state index contributed by atoms with van der Waals surface area (Å²) in [6.07, 6.45) is 1.44. The van der Waals surface area contributed by atoms with Crippen LogP contribution >= 0.6 is 0 Å². The maximum Gasteiger partial charge on any atom is 0.335 e. The van der Waals surface area contributed by atoms with Gasteiger partial charge in [0.1, 0.15) is 0 Å². The molecule has 0 aliphatic rings. The second kappa shape index (κ2) is 5.12. The minimum Gasteiger partial charge on any atom is -0.479 e. The molecule has 0 bridgehead atoms. The zero-order valence-corrected chi connectivity index (χ0v) is 9.68. The third-order valence-electron chi connectivity index (χ3n) is 3.10. The second-order valence-electron chi connectivity index (χ2n) is 4.38. The number of aliphatic hydroxyl groups is 1. The summed E-state index contributed by atoms with van der Waals surface area (Å²) in [4.78, 5) is 10.8. The Balaban J connectivity index is 2.53. The third kappa shape index (κ3) is 3.07. The van der Waals surface area contributed by atoms with E-state index in [9.17, 15) is 9.90 Å². The molecule has 88 valence electrons. The molecule has 3 nitrogen and oxygen atoms in total. The van der Waals surface area contributed by atoms with E-state index in [1.54, 1.807) is 6.92 Å². The SMILES string of the molecule is CC(CCc1ccccc1)C(C)(O)C(=O)O. The van der Waals surface area contributed by atoms with E-state index in [4.69, 9.17) is 5.11 Å². The minimum absolute atomic E-state index is 0.273. The highest BCUT2D eigenvalue weighted by molar-refractivity contribution is 5.76.